The molecule has 0 radical (unpaired) electrons. The minimum atomic E-state index is -1.32. The Hall–Kier alpha value is -3.83. The predicted molar refractivity (Wildman–Crippen MR) is 128 cm³/mol. The van der Waals surface area contributed by atoms with Crippen molar-refractivity contribution in [1.82, 2.24) is 19.8 Å². The van der Waals surface area contributed by atoms with Crippen LogP contribution in [-0.4, -0.2) is 70.1 Å². The van der Waals surface area contributed by atoms with Crippen molar-refractivity contribution in [1.29, 1.82) is 0 Å². The Labute approximate surface area is 211 Å². The monoisotopic (exact) mass is 512 g/mol. The van der Waals surface area contributed by atoms with Crippen molar-refractivity contribution in [2.75, 3.05) is 32.8 Å². The van der Waals surface area contributed by atoms with Gasteiger partial charge in [-0.15, -0.1) is 0 Å². The van der Waals surface area contributed by atoms with Gasteiger partial charge in [0.2, 0.25) is 0 Å². The van der Waals surface area contributed by atoms with E-state index in [-0.39, 0.29) is 42.5 Å². The molecule has 3 aromatic rings. The second kappa shape index (κ2) is 10.7. The quantitative estimate of drug-likeness (QED) is 0.353. The van der Waals surface area contributed by atoms with E-state index in [2.05, 4.69) is 15.2 Å². The molecule has 2 aliphatic rings. The lowest BCUT2D eigenvalue weighted by Crippen LogP contribution is -2.48. The number of halogens is 2. The van der Waals surface area contributed by atoms with E-state index in [0.717, 1.165) is 32.0 Å². The molecule has 2 aliphatic heterocycles. The van der Waals surface area contributed by atoms with Crippen molar-refractivity contribution >= 4 is 11.7 Å². The smallest absolute Gasteiger partial charge is 0.294 e. The Morgan fingerprint density at radius 1 is 1.08 bits per heavy atom. The summed E-state index contributed by atoms with van der Waals surface area (Å²) < 4.78 is 40.1. The van der Waals surface area contributed by atoms with Crippen LogP contribution in [0.1, 0.15) is 35.0 Å². The zero-order valence-corrected chi connectivity index (χ0v) is 19.9. The van der Waals surface area contributed by atoms with Crippen LogP contribution >= 0.6 is 0 Å². The van der Waals surface area contributed by atoms with Crippen LogP contribution in [0.15, 0.2) is 48.9 Å². The molecule has 0 unspecified atom stereocenters. The minimum Gasteiger partial charge on any atom is -0.486 e. The Balaban J connectivity index is 1.34. The van der Waals surface area contributed by atoms with E-state index in [0.29, 0.717) is 5.69 Å². The number of likely N-dealkylation sites (tertiary alicyclic amines) is 1. The molecule has 37 heavy (non-hydrogen) atoms. The number of aliphatic hydroxyl groups is 1. The maximum atomic E-state index is 14.6. The Morgan fingerprint density at radius 3 is 2.57 bits per heavy atom. The van der Waals surface area contributed by atoms with Gasteiger partial charge in [-0.2, -0.15) is 0 Å². The van der Waals surface area contributed by atoms with Gasteiger partial charge >= 0.3 is 0 Å². The summed E-state index contributed by atoms with van der Waals surface area (Å²) in [5, 5.41) is 13.8. The van der Waals surface area contributed by atoms with Gasteiger partial charge in [-0.05, 0) is 67.9 Å². The number of aliphatic hydroxyl groups excluding tert-OH is 1. The molecule has 1 fully saturated rings. The average molecular weight is 513 g/mol. The summed E-state index contributed by atoms with van der Waals surface area (Å²) in [4.78, 5) is 31.9. The number of carbonyl (C=O) groups excluding carboxylic acids is 2. The predicted octanol–water partition coefficient (Wildman–Crippen LogP) is 2.42. The maximum absolute atomic E-state index is 14.6. The Morgan fingerprint density at radius 2 is 1.81 bits per heavy atom. The van der Waals surface area contributed by atoms with Crippen LogP contribution in [0.5, 0.6) is 11.5 Å². The van der Waals surface area contributed by atoms with E-state index in [1.54, 1.807) is 0 Å². The van der Waals surface area contributed by atoms with E-state index in [1.807, 2.05) is 0 Å². The number of rotatable bonds is 8. The van der Waals surface area contributed by atoms with Crippen LogP contribution in [0.2, 0.25) is 0 Å². The third-order valence-electron chi connectivity index (χ3n) is 6.46. The summed E-state index contributed by atoms with van der Waals surface area (Å²) in [6, 6.07) is 7.30. The number of imidazole rings is 1. The van der Waals surface area contributed by atoms with Gasteiger partial charge < -0.3 is 29.4 Å². The van der Waals surface area contributed by atoms with Gasteiger partial charge in [0.05, 0.1) is 6.04 Å². The van der Waals surface area contributed by atoms with Gasteiger partial charge in [0.15, 0.2) is 17.3 Å². The first-order valence-electron chi connectivity index (χ1n) is 12.0. The van der Waals surface area contributed by atoms with E-state index in [9.17, 15) is 23.5 Å². The van der Waals surface area contributed by atoms with Crippen molar-refractivity contribution in [3.05, 3.63) is 71.8 Å². The number of nitrogens with one attached hydrogen (secondary N) is 1. The molecular weight excluding hydrogens is 486 g/mol. The molecule has 0 bridgehead atoms. The summed E-state index contributed by atoms with van der Waals surface area (Å²) in [6.45, 7) is 2.30. The first kappa shape index (κ1) is 24.8. The number of ether oxygens (including phenoxy) is 2. The molecule has 2 aromatic carbocycles. The fourth-order valence-electron chi connectivity index (χ4n) is 4.55. The number of aromatic nitrogens is 2. The largest absolute Gasteiger partial charge is 0.486 e. The van der Waals surface area contributed by atoms with Crippen LogP contribution in [0, 0.1) is 11.6 Å². The lowest BCUT2D eigenvalue weighted by molar-refractivity contribution is -0.118. The summed E-state index contributed by atoms with van der Waals surface area (Å²) in [5.74, 6) is -2.78. The van der Waals surface area contributed by atoms with Crippen LogP contribution in [0.25, 0.3) is 5.69 Å². The zero-order valence-electron chi connectivity index (χ0n) is 19.9. The number of benzene rings is 2. The number of nitrogens with zero attached hydrogens (tertiary/aromatic N) is 3. The fraction of sp³-hybridized carbons (Fsp3) is 0.346. The van der Waals surface area contributed by atoms with Gasteiger partial charge in [-0.1, -0.05) is 0 Å². The van der Waals surface area contributed by atoms with Crippen LogP contribution in [0.4, 0.5) is 8.78 Å². The Bertz CT molecular complexity index is 1290. The highest BCUT2D eigenvalue weighted by molar-refractivity contribution is 6.42. The molecule has 1 aromatic heterocycles. The summed E-state index contributed by atoms with van der Waals surface area (Å²) in [6.07, 6.45) is 3.36. The van der Waals surface area contributed by atoms with Crippen molar-refractivity contribution in [3.63, 3.8) is 0 Å². The first-order chi connectivity index (χ1) is 17.9. The molecule has 0 spiro atoms. The van der Waals surface area contributed by atoms with Crippen LogP contribution in [-0.2, 0) is 4.79 Å². The van der Waals surface area contributed by atoms with Gasteiger partial charge in [-0.25, -0.2) is 13.8 Å². The van der Waals surface area contributed by atoms with Crippen molar-refractivity contribution in [2.45, 2.75) is 25.0 Å². The highest BCUT2D eigenvalue weighted by atomic mass is 19.1. The number of hydrogen-bond acceptors (Lipinski definition) is 7. The molecule has 11 heteroatoms. The van der Waals surface area contributed by atoms with Crippen LogP contribution in [0.3, 0.4) is 0 Å². The molecule has 194 valence electrons. The highest BCUT2D eigenvalue weighted by Gasteiger charge is 2.31. The van der Waals surface area contributed by atoms with E-state index in [4.69, 9.17) is 9.47 Å². The van der Waals surface area contributed by atoms with Gasteiger partial charge in [-0.3, -0.25) is 9.59 Å². The van der Waals surface area contributed by atoms with Crippen molar-refractivity contribution in [3.8, 4) is 17.2 Å². The van der Waals surface area contributed by atoms with Gasteiger partial charge in [0.25, 0.3) is 11.7 Å². The van der Waals surface area contributed by atoms with Crippen molar-refractivity contribution < 1.29 is 33.0 Å². The number of ketones is 1. The molecule has 9 nitrogen and oxygen atoms in total. The topological polar surface area (TPSA) is 106 Å². The summed E-state index contributed by atoms with van der Waals surface area (Å²) >= 11 is 0. The van der Waals surface area contributed by atoms with Crippen LogP contribution < -0.4 is 14.8 Å². The lowest BCUT2D eigenvalue weighted by atomic mass is 10.00. The summed E-state index contributed by atoms with van der Waals surface area (Å²) in [5.41, 5.74) is 0.650. The standard InChI is InChI=1S/C26H26F2N4O5/c27-17-3-5-18(6-4-17)32-14-20(29-15-32)24(34)26(35)30-21(13-31-7-1-2-8-31)23(33)16-11-19(28)25-22(12-16)36-9-10-37-25/h3-6,11-12,14-15,21,23,33H,1-2,7-10,13H2,(H,30,35)/t21-,23-/m1/s1. The van der Waals surface area contributed by atoms with E-state index < -0.39 is 35.5 Å². The molecule has 0 aliphatic carbocycles. The molecule has 2 N–H and O–H groups in total. The molecule has 0 saturated carbocycles. The second-order valence-electron chi connectivity index (χ2n) is 9.03. The lowest BCUT2D eigenvalue weighted by Gasteiger charge is -2.29. The molecule has 1 saturated heterocycles. The third-order valence-corrected chi connectivity index (χ3v) is 6.46. The van der Waals surface area contributed by atoms with Gasteiger partial charge in [0.1, 0.15) is 37.2 Å². The number of hydrogen-bond donors (Lipinski definition) is 2. The molecule has 5 rings (SSSR count). The molecule has 1 amide bonds. The van der Waals surface area contributed by atoms with Crippen molar-refractivity contribution in [2.24, 2.45) is 0 Å². The minimum absolute atomic E-state index is 0.0192. The SMILES string of the molecule is O=C(N[C@H](CN1CCCC1)[C@H](O)c1cc(F)c2c(c1)OCCO2)C(=O)c1cn(-c2ccc(F)cc2)cn1. The molecule has 2 atom stereocenters. The fourth-order valence-corrected chi connectivity index (χ4v) is 4.55. The zero-order chi connectivity index (χ0) is 25.9. The maximum Gasteiger partial charge on any atom is 0.294 e. The molecule has 3 heterocycles. The number of Topliss-reactive ketones (excluding diaryl/α,β-unsaturated/α-hetero) is 1. The summed E-state index contributed by atoms with van der Waals surface area (Å²) in [7, 11) is 0. The average Bonchev–Trinajstić information content (AvgIpc) is 3.60. The number of fused-ring (bicyclic) bond motifs is 1. The number of amides is 1. The van der Waals surface area contributed by atoms with Gasteiger partial charge in [0, 0.05) is 18.4 Å². The van der Waals surface area contributed by atoms with E-state index in [1.165, 1.54) is 47.4 Å². The first-order valence-corrected chi connectivity index (χ1v) is 12.0. The van der Waals surface area contributed by atoms with E-state index >= 15 is 0 Å². The number of carbonyl (C=O) groups is 2. The Kier molecular flexibility index (Phi) is 7.15. The normalized spacial score (nSPS) is 16.8. The second-order valence-corrected chi connectivity index (χ2v) is 9.03. The molecular formula is C26H26F2N4O5. The third kappa shape index (κ3) is 5.47. The highest BCUT2D eigenvalue weighted by Crippen LogP contribution is 2.36.